The maximum absolute atomic E-state index is 10.5. The minimum absolute atomic E-state index is 0.0848. The average molecular weight is 199 g/mol. The SMILES string of the molecule is CCCCCNC([C]=O)CCCCN. The van der Waals surface area contributed by atoms with Gasteiger partial charge in [-0.05, 0) is 32.4 Å². The monoisotopic (exact) mass is 199 g/mol. The van der Waals surface area contributed by atoms with E-state index in [1.165, 1.54) is 12.8 Å². The second-order valence-corrected chi connectivity index (χ2v) is 3.62. The van der Waals surface area contributed by atoms with Crippen molar-refractivity contribution < 1.29 is 4.79 Å². The zero-order chi connectivity index (χ0) is 10.6. The highest BCUT2D eigenvalue weighted by Crippen LogP contribution is 1.99. The van der Waals surface area contributed by atoms with Crippen LogP contribution < -0.4 is 11.1 Å². The highest BCUT2D eigenvalue weighted by molar-refractivity contribution is 5.58. The first-order valence-electron chi connectivity index (χ1n) is 5.66. The fourth-order valence-electron chi connectivity index (χ4n) is 1.35. The van der Waals surface area contributed by atoms with Crippen LogP contribution in [0.1, 0.15) is 45.4 Å². The molecule has 14 heavy (non-hydrogen) atoms. The van der Waals surface area contributed by atoms with E-state index < -0.39 is 0 Å². The molecule has 3 heteroatoms. The second kappa shape index (κ2) is 10.7. The number of carbonyl (C=O) groups excluding carboxylic acids is 1. The van der Waals surface area contributed by atoms with Gasteiger partial charge in [0.05, 0.1) is 6.04 Å². The molecule has 3 N–H and O–H groups in total. The van der Waals surface area contributed by atoms with Crippen LogP contribution in [0.15, 0.2) is 0 Å². The Kier molecular flexibility index (Phi) is 10.4. The van der Waals surface area contributed by atoms with E-state index >= 15 is 0 Å². The minimum atomic E-state index is -0.0848. The van der Waals surface area contributed by atoms with Crippen molar-refractivity contribution in [3.05, 3.63) is 0 Å². The standard InChI is InChI=1S/C11H23N2O/c1-2-3-6-9-13-11(10-14)7-4-5-8-12/h11,13H,2-9,12H2,1H3. The normalized spacial score (nSPS) is 12.7. The van der Waals surface area contributed by atoms with Crippen molar-refractivity contribution in [2.75, 3.05) is 13.1 Å². The summed E-state index contributed by atoms with van der Waals surface area (Å²) >= 11 is 0. The summed E-state index contributed by atoms with van der Waals surface area (Å²) in [6.07, 6.45) is 8.49. The quantitative estimate of drug-likeness (QED) is 0.523. The molecule has 0 rings (SSSR count). The Hall–Kier alpha value is -0.410. The molecule has 0 spiro atoms. The lowest BCUT2D eigenvalue weighted by Crippen LogP contribution is -2.31. The van der Waals surface area contributed by atoms with Crippen LogP contribution in [0.5, 0.6) is 0 Å². The van der Waals surface area contributed by atoms with Crippen molar-refractivity contribution in [1.82, 2.24) is 5.32 Å². The molecule has 0 aliphatic carbocycles. The highest BCUT2D eigenvalue weighted by atomic mass is 16.1. The van der Waals surface area contributed by atoms with E-state index in [-0.39, 0.29) is 6.04 Å². The molecule has 0 heterocycles. The van der Waals surface area contributed by atoms with Gasteiger partial charge in [0.1, 0.15) is 0 Å². The van der Waals surface area contributed by atoms with Gasteiger partial charge in [-0.3, -0.25) is 4.79 Å². The zero-order valence-corrected chi connectivity index (χ0v) is 9.22. The van der Waals surface area contributed by atoms with E-state index in [1.54, 1.807) is 0 Å². The molecule has 1 unspecified atom stereocenters. The number of hydrogen-bond donors (Lipinski definition) is 2. The molecule has 3 nitrogen and oxygen atoms in total. The third-order valence-corrected chi connectivity index (χ3v) is 2.26. The highest BCUT2D eigenvalue weighted by Gasteiger charge is 2.05. The molecular formula is C11H23N2O. The second-order valence-electron chi connectivity index (χ2n) is 3.62. The predicted octanol–water partition coefficient (Wildman–Crippen LogP) is 1.37. The molecule has 0 bridgehead atoms. The molecule has 0 aromatic rings. The average Bonchev–Trinajstić information content (AvgIpc) is 2.22. The van der Waals surface area contributed by atoms with Crippen molar-refractivity contribution >= 4 is 6.29 Å². The van der Waals surface area contributed by atoms with Gasteiger partial charge >= 0.3 is 0 Å². The van der Waals surface area contributed by atoms with Gasteiger partial charge in [-0.25, -0.2) is 0 Å². The first-order chi connectivity index (χ1) is 6.85. The molecule has 0 saturated heterocycles. The van der Waals surface area contributed by atoms with Gasteiger partial charge in [0.25, 0.3) is 0 Å². The van der Waals surface area contributed by atoms with E-state index in [0.29, 0.717) is 6.54 Å². The number of unbranched alkanes of at least 4 members (excludes halogenated alkanes) is 3. The van der Waals surface area contributed by atoms with E-state index in [1.807, 2.05) is 6.29 Å². The molecule has 0 amide bonds. The molecule has 1 radical (unpaired) electrons. The predicted molar refractivity (Wildman–Crippen MR) is 59.9 cm³/mol. The molecule has 0 aromatic heterocycles. The van der Waals surface area contributed by atoms with Crippen LogP contribution in [-0.2, 0) is 4.79 Å². The summed E-state index contributed by atoms with van der Waals surface area (Å²) in [4.78, 5) is 10.5. The molecule has 83 valence electrons. The fourth-order valence-corrected chi connectivity index (χ4v) is 1.35. The summed E-state index contributed by atoms with van der Waals surface area (Å²) in [6.45, 7) is 3.81. The van der Waals surface area contributed by atoms with Crippen molar-refractivity contribution in [3.8, 4) is 0 Å². The van der Waals surface area contributed by atoms with E-state index in [9.17, 15) is 4.79 Å². The maximum atomic E-state index is 10.5. The van der Waals surface area contributed by atoms with Gasteiger partial charge in [0, 0.05) is 0 Å². The Bertz CT molecular complexity index is 128. The Morgan fingerprint density at radius 1 is 1.29 bits per heavy atom. The van der Waals surface area contributed by atoms with Crippen LogP contribution in [0.4, 0.5) is 0 Å². The number of rotatable bonds is 10. The summed E-state index contributed by atoms with van der Waals surface area (Å²) in [5.41, 5.74) is 5.38. The van der Waals surface area contributed by atoms with Crippen molar-refractivity contribution in [2.45, 2.75) is 51.5 Å². The van der Waals surface area contributed by atoms with E-state index in [2.05, 4.69) is 12.2 Å². The molecule has 0 aliphatic rings. The Labute approximate surface area is 87.4 Å². The summed E-state index contributed by atoms with van der Waals surface area (Å²) < 4.78 is 0. The van der Waals surface area contributed by atoms with Gasteiger partial charge in [-0.2, -0.15) is 0 Å². The lowest BCUT2D eigenvalue weighted by molar-refractivity contribution is 0.483. The van der Waals surface area contributed by atoms with Crippen molar-refractivity contribution in [3.63, 3.8) is 0 Å². The molecular weight excluding hydrogens is 176 g/mol. The summed E-state index contributed by atoms with van der Waals surface area (Å²) in [6, 6.07) is -0.0848. The number of nitrogens with one attached hydrogen (secondary N) is 1. The Morgan fingerprint density at radius 3 is 2.64 bits per heavy atom. The van der Waals surface area contributed by atoms with Gasteiger partial charge in [-0.1, -0.05) is 26.2 Å². The Balaban J connectivity index is 3.33. The Morgan fingerprint density at radius 2 is 2.07 bits per heavy atom. The minimum Gasteiger partial charge on any atom is -0.330 e. The first-order valence-corrected chi connectivity index (χ1v) is 5.66. The maximum Gasteiger partial charge on any atom is 0.216 e. The number of hydrogen-bond acceptors (Lipinski definition) is 3. The lowest BCUT2D eigenvalue weighted by Gasteiger charge is -2.10. The topological polar surface area (TPSA) is 55.1 Å². The number of nitrogens with two attached hydrogens (primary N) is 1. The molecule has 0 aliphatic heterocycles. The first kappa shape index (κ1) is 13.6. The van der Waals surface area contributed by atoms with Crippen LogP contribution in [-0.4, -0.2) is 25.4 Å². The van der Waals surface area contributed by atoms with Crippen LogP contribution >= 0.6 is 0 Å². The third kappa shape index (κ3) is 8.20. The van der Waals surface area contributed by atoms with E-state index in [0.717, 1.165) is 32.2 Å². The molecule has 0 saturated carbocycles. The van der Waals surface area contributed by atoms with Crippen LogP contribution in [0.25, 0.3) is 0 Å². The van der Waals surface area contributed by atoms with Gasteiger partial charge in [0.2, 0.25) is 6.29 Å². The summed E-state index contributed by atoms with van der Waals surface area (Å²) in [5.74, 6) is 0. The zero-order valence-electron chi connectivity index (χ0n) is 9.22. The van der Waals surface area contributed by atoms with Crippen molar-refractivity contribution in [1.29, 1.82) is 0 Å². The van der Waals surface area contributed by atoms with Crippen LogP contribution in [0.3, 0.4) is 0 Å². The third-order valence-electron chi connectivity index (χ3n) is 2.26. The van der Waals surface area contributed by atoms with Crippen LogP contribution in [0.2, 0.25) is 0 Å². The fraction of sp³-hybridized carbons (Fsp3) is 0.909. The molecule has 1 atom stereocenters. The van der Waals surface area contributed by atoms with Crippen molar-refractivity contribution in [2.24, 2.45) is 5.73 Å². The molecule has 0 aromatic carbocycles. The smallest absolute Gasteiger partial charge is 0.216 e. The van der Waals surface area contributed by atoms with Gasteiger partial charge in [0.15, 0.2) is 0 Å². The summed E-state index contributed by atoms with van der Waals surface area (Å²) in [5, 5.41) is 3.20. The van der Waals surface area contributed by atoms with Gasteiger partial charge in [-0.15, -0.1) is 0 Å². The summed E-state index contributed by atoms with van der Waals surface area (Å²) in [7, 11) is 0. The van der Waals surface area contributed by atoms with Gasteiger partial charge < -0.3 is 11.1 Å². The van der Waals surface area contributed by atoms with Crippen LogP contribution in [0, 0.1) is 0 Å². The largest absolute Gasteiger partial charge is 0.330 e. The lowest BCUT2D eigenvalue weighted by atomic mass is 10.1. The van der Waals surface area contributed by atoms with E-state index in [4.69, 9.17) is 5.73 Å². The molecule has 0 fully saturated rings.